The summed E-state index contributed by atoms with van der Waals surface area (Å²) in [7, 11) is -7.14. The van der Waals surface area contributed by atoms with Crippen molar-refractivity contribution in [3.05, 3.63) is 18.3 Å². The van der Waals surface area contributed by atoms with Crippen LogP contribution in [0.3, 0.4) is 0 Å². The van der Waals surface area contributed by atoms with Gasteiger partial charge in [-0.15, -0.1) is 12.4 Å². The van der Waals surface area contributed by atoms with E-state index >= 15 is 0 Å². The largest absolute Gasteiger partial charge is 0.313 e. The SMILES string of the molecule is CC1NCCCC1NS(=O)(=O)c1ccc(S(C)(=O)=O)nc1.Cl. The third kappa shape index (κ3) is 4.63. The van der Waals surface area contributed by atoms with Gasteiger partial charge in [-0.2, -0.15) is 0 Å². The molecule has 0 bridgehead atoms. The zero-order valence-corrected chi connectivity index (χ0v) is 14.8. The quantitative estimate of drug-likeness (QED) is 0.792. The molecule has 1 aromatic heterocycles. The molecule has 0 spiro atoms. The van der Waals surface area contributed by atoms with Crippen LogP contribution in [0.2, 0.25) is 0 Å². The number of hydrogen-bond acceptors (Lipinski definition) is 6. The third-order valence-corrected chi connectivity index (χ3v) is 5.94. The Morgan fingerprint density at radius 3 is 2.45 bits per heavy atom. The topological polar surface area (TPSA) is 105 Å². The fourth-order valence-electron chi connectivity index (χ4n) is 2.22. The monoisotopic (exact) mass is 369 g/mol. The van der Waals surface area contributed by atoms with Crippen LogP contribution in [-0.2, 0) is 19.9 Å². The summed E-state index contributed by atoms with van der Waals surface area (Å²) < 4.78 is 49.8. The summed E-state index contributed by atoms with van der Waals surface area (Å²) in [6.07, 6.45) is 3.77. The van der Waals surface area contributed by atoms with Gasteiger partial charge in [0.1, 0.15) is 4.90 Å². The summed E-state index contributed by atoms with van der Waals surface area (Å²) in [6, 6.07) is 2.33. The first-order valence-corrected chi connectivity index (χ1v) is 9.99. The van der Waals surface area contributed by atoms with Gasteiger partial charge < -0.3 is 5.32 Å². The maximum absolute atomic E-state index is 12.3. The highest BCUT2D eigenvalue weighted by Gasteiger charge is 2.26. The molecule has 1 fully saturated rings. The Kier molecular flexibility index (Phi) is 6.34. The van der Waals surface area contributed by atoms with Gasteiger partial charge in [0.25, 0.3) is 0 Å². The van der Waals surface area contributed by atoms with Gasteiger partial charge in [0.05, 0.1) is 0 Å². The molecule has 10 heteroatoms. The van der Waals surface area contributed by atoms with Crippen LogP contribution in [-0.4, -0.2) is 46.7 Å². The van der Waals surface area contributed by atoms with E-state index in [0.29, 0.717) is 0 Å². The molecule has 0 saturated carbocycles. The molecule has 2 atom stereocenters. The van der Waals surface area contributed by atoms with Gasteiger partial charge in [-0.1, -0.05) is 0 Å². The minimum Gasteiger partial charge on any atom is -0.313 e. The lowest BCUT2D eigenvalue weighted by molar-refractivity contribution is 0.349. The van der Waals surface area contributed by atoms with Crippen LogP contribution in [0.15, 0.2) is 28.3 Å². The Bertz CT molecular complexity index is 704. The minimum atomic E-state index is -3.70. The number of piperidine rings is 1. The molecule has 7 nitrogen and oxygen atoms in total. The highest BCUT2D eigenvalue weighted by molar-refractivity contribution is 7.90. The summed E-state index contributed by atoms with van der Waals surface area (Å²) in [5.41, 5.74) is 0. The van der Waals surface area contributed by atoms with Crippen LogP contribution in [0, 0.1) is 0 Å². The van der Waals surface area contributed by atoms with Gasteiger partial charge in [-0.3, -0.25) is 0 Å². The standard InChI is InChI=1S/C12H19N3O4S2.ClH/c1-9-11(4-3-7-13-9)15-21(18,19)10-5-6-12(14-8-10)20(2,16)17;/h5-6,8-9,11,13,15H,3-4,7H2,1-2H3;1H. The average molecular weight is 370 g/mol. The van der Waals surface area contributed by atoms with E-state index in [-0.39, 0.29) is 34.4 Å². The van der Waals surface area contributed by atoms with E-state index < -0.39 is 19.9 Å². The molecule has 2 rings (SSSR count). The van der Waals surface area contributed by atoms with Crippen molar-refractivity contribution >= 4 is 32.3 Å². The van der Waals surface area contributed by atoms with Gasteiger partial charge in [0.2, 0.25) is 10.0 Å². The molecular formula is C12H20ClN3O4S2. The number of hydrogen-bond donors (Lipinski definition) is 2. The number of pyridine rings is 1. The normalized spacial score (nSPS) is 22.8. The Morgan fingerprint density at radius 2 is 1.95 bits per heavy atom. The van der Waals surface area contributed by atoms with Crippen LogP contribution >= 0.6 is 12.4 Å². The summed E-state index contributed by atoms with van der Waals surface area (Å²) in [5.74, 6) is 0. The molecule has 0 radical (unpaired) electrons. The lowest BCUT2D eigenvalue weighted by Gasteiger charge is -2.30. The van der Waals surface area contributed by atoms with Crippen LogP contribution in [0.5, 0.6) is 0 Å². The van der Waals surface area contributed by atoms with Gasteiger partial charge in [0.15, 0.2) is 14.9 Å². The summed E-state index contributed by atoms with van der Waals surface area (Å²) >= 11 is 0. The number of sulfone groups is 1. The second kappa shape index (κ2) is 7.22. The van der Waals surface area contributed by atoms with Crippen LogP contribution < -0.4 is 10.0 Å². The van der Waals surface area contributed by atoms with Crippen molar-refractivity contribution in [1.29, 1.82) is 0 Å². The van der Waals surface area contributed by atoms with E-state index in [9.17, 15) is 16.8 Å². The number of sulfonamides is 1. The van der Waals surface area contributed by atoms with E-state index in [1.54, 1.807) is 0 Å². The van der Waals surface area contributed by atoms with Crippen molar-refractivity contribution in [3.63, 3.8) is 0 Å². The summed E-state index contributed by atoms with van der Waals surface area (Å²) in [4.78, 5) is 3.67. The number of nitrogens with zero attached hydrogens (tertiary/aromatic N) is 1. The van der Waals surface area contributed by atoms with Crippen LogP contribution in [0.4, 0.5) is 0 Å². The molecule has 0 aliphatic carbocycles. The maximum Gasteiger partial charge on any atom is 0.242 e. The lowest BCUT2D eigenvalue weighted by Crippen LogP contribution is -2.51. The molecule has 1 aliphatic rings. The summed E-state index contributed by atoms with van der Waals surface area (Å²) in [5, 5.41) is 3.07. The molecule has 126 valence electrons. The van der Waals surface area contributed by atoms with Crippen LogP contribution in [0.1, 0.15) is 19.8 Å². The molecule has 0 amide bonds. The molecule has 1 aromatic rings. The van der Waals surface area contributed by atoms with E-state index in [4.69, 9.17) is 0 Å². The Morgan fingerprint density at radius 1 is 1.27 bits per heavy atom. The van der Waals surface area contributed by atoms with Gasteiger partial charge in [-0.05, 0) is 38.4 Å². The first kappa shape index (κ1) is 19.3. The molecule has 2 unspecified atom stereocenters. The molecule has 0 aromatic carbocycles. The van der Waals surface area contributed by atoms with E-state index in [1.807, 2.05) is 6.92 Å². The first-order valence-electron chi connectivity index (χ1n) is 6.62. The third-order valence-electron chi connectivity index (χ3n) is 3.47. The Balaban J connectivity index is 0.00000242. The average Bonchev–Trinajstić information content (AvgIpc) is 2.40. The Hall–Kier alpha value is -0.740. The summed E-state index contributed by atoms with van der Waals surface area (Å²) in [6.45, 7) is 2.81. The maximum atomic E-state index is 12.3. The molecular weight excluding hydrogens is 350 g/mol. The molecule has 2 N–H and O–H groups in total. The smallest absolute Gasteiger partial charge is 0.242 e. The second-order valence-electron chi connectivity index (χ2n) is 5.22. The highest BCUT2D eigenvalue weighted by Crippen LogP contribution is 2.15. The van der Waals surface area contributed by atoms with Crippen LogP contribution in [0.25, 0.3) is 0 Å². The van der Waals surface area contributed by atoms with E-state index in [1.165, 1.54) is 12.1 Å². The fourth-order valence-corrected chi connectivity index (χ4v) is 4.07. The minimum absolute atomic E-state index is 0. The molecule has 2 heterocycles. The van der Waals surface area contributed by atoms with E-state index in [2.05, 4.69) is 15.0 Å². The fraction of sp³-hybridized carbons (Fsp3) is 0.583. The first-order chi connectivity index (χ1) is 9.70. The van der Waals surface area contributed by atoms with Crippen molar-refractivity contribution in [2.75, 3.05) is 12.8 Å². The highest BCUT2D eigenvalue weighted by atomic mass is 35.5. The lowest BCUT2D eigenvalue weighted by atomic mass is 10.0. The zero-order valence-electron chi connectivity index (χ0n) is 12.3. The van der Waals surface area contributed by atoms with E-state index in [0.717, 1.165) is 31.8 Å². The number of rotatable bonds is 4. The number of aromatic nitrogens is 1. The molecule has 1 saturated heterocycles. The Labute approximate surface area is 137 Å². The van der Waals surface area contributed by atoms with Crippen molar-refractivity contribution in [3.8, 4) is 0 Å². The van der Waals surface area contributed by atoms with Crippen molar-refractivity contribution < 1.29 is 16.8 Å². The zero-order chi connectivity index (χ0) is 15.7. The van der Waals surface area contributed by atoms with Crippen molar-refractivity contribution in [1.82, 2.24) is 15.0 Å². The molecule has 22 heavy (non-hydrogen) atoms. The predicted octanol–water partition coefficient (Wildman–Crippen LogP) is 0.326. The van der Waals surface area contributed by atoms with Gasteiger partial charge in [-0.25, -0.2) is 26.5 Å². The molecule has 1 aliphatic heterocycles. The second-order valence-corrected chi connectivity index (χ2v) is 8.89. The number of halogens is 1. The van der Waals surface area contributed by atoms with Crippen molar-refractivity contribution in [2.24, 2.45) is 0 Å². The number of nitrogens with one attached hydrogen (secondary N) is 2. The van der Waals surface area contributed by atoms with Crippen molar-refractivity contribution in [2.45, 2.75) is 41.8 Å². The van der Waals surface area contributed by atoms with Gasteiger partial charge >= 0.3 is 0 Å². The van der Waals surface area contributed by atoms with Gasteiger partial charge in [0, 0.05) is 24.5 Å². The predicted molar refractivity (Wildman–Crippen MR) is 85.4 cm³/mol.